The van der Waals surface area contributed by atoms with Crippen LogP contribution in [-0.2, 0) is 4.74 Å². The van der Waals surface area contributed by atoms with Crippen molar-refractivity contribution in [1.82, 2.24) is 19.6 Å². The minimum atomic E-state index is -0.646. The van der Waals surface area contributed by atoms with E-state index in [1.807, 2.05) is 0 Å². The van der Waals surface area contributed by atoms with Crippen molar-refractivity contribution in [1.29, 1.82) is 0 Å². The first-order valence-corrected chi connectivity index (χ1v) is 5.66. The van der Waals surface area contributed by atoms with E-state index in [1.165, 1.54) is 4.52 Å². The number of hydrogen-bond acceptors (Lipinski definition) is 5. The van der Waals surface area contributed by atoms with E-state index in [0.717, 1.165) is 0 Å². The molecule has 0 aromatic carbocycles. The first kappa shape index (κ1) is 11.8. The van der Waals surface area contributed by atoms with Crippen molar-refractivity contribution in [2.24, 2.45) is 0 Å². The Morgan fingerprint density at radius 3 is 2.94 bits per heavy atom. The molecule has 0 saturated heterocycles. The summed E-state index contributed by atoms with van der Waals surface area (Å²) in [5.74, 6) is -0.220. The highest BCUT2D eigenvalue weighted by Gasteiger charge is 2.21. The zero-order chi connectivity index (χ0) is 12.6. The van der Waals surface area contributed by atoms with Crippen LogP contribution >= 0.6 is 15.9 Å². The summed E-state index contributed by atoms with van der Waals surface area (Å²) in [6.45, 7) is 3.53. The number of rotatable bonds is 2. The molecule has 2 heterocycles. The molecule has 0 aliphatic heterocycles. The zero-order valence-corrected chi connectivity index (χ0v) is 10.7. The fourth-order valence-electron chi connectivity index (χ4n) is 1.42. The monoisotopic (exact) mass is 300 g/mol. The van der Waals surface area contributed by atoms with Crippen molar-refractivity contribution >= 4 is 27.4 Å². The molecule has 7 nitrogen and oxygen atoms in total. The number of aryl methyl sites for hydroxylation is 1. The van der Waals surface area contributed by atoms with Crippen molar-refractivity contribution < 1.29 is 9.53 Å². The predicted octanol–water partition coefficient (Wildman–Crippen LogP) is 0.665. The van der Waals surface area contributed by atoms with Crippen molar-refractivity contribution in [3.63, 3.8) is 0 Å². The third-order valence-corrected chi connectivity index (χ3v) is 2.56. The van der Waals surface area contributed by atoms with Gasteiger partial charge < -0.3 is 9.72 Å². The summed E-state index contributed by atoms with van der Waals surface area (Å²) in [4.78, 5) is 29.8. The van der Waals surface area contributed by atoms with Gasteiger partial charge in [0, 0.05) is 0 Å². The summed E-state index contributed by atoms with van der Waals surface area (Å²) in [6.07, 6.45) is 0. The van der Waals surface area contributed by atoms with Gasteiger partial charge in [-0.1, -0.05) is 0 Å². The number of fused-ring (bicyclic) bond motifs is 1. The van der Waals surface area contributed by atoms with Gasteiger partial charge in [0.25, 0.3) is 5.56 Å². The zero-order valence-electron chi connectivity index (χ0n) is 9.15. The molecule has 2 rings (SSSR count). The van der Waals surface area contributed by atoms with Crippen LogP contribution in [0, 0.1) is 6.92 Å². The molecule has 1 N–H and O–H groups in total. The van der Waals surface area contributed by atoms with E-state index in [4.69, 9.17) is 4.74 Å². The largest absolute Gasteiger partial charge is 0.461 e. The molecule has 0 bridgehead atoms. The van der Waals surface area contributed by atoms with Crippen molar-refractivity contribution in [3.8, 4) is 0 Å². The van der Waals surface area contributed by atoms with Crippen LogP contribution in [-0.4, -0.2) is 32.2 Å². The molecule has 0 atom stereocenters. The van der Waals surface area contributed by atoms with E-state index in [0.29, 0.717) is 5.82 Å². The van der Waals surface area contributed by atoms with Crippen LogP contribution in [0.15, 0.2) is 9.53 Å². The summed E-state index contributed by atoms with van der Waals surface area (Å²) in [5.41, 5.74) is -0.410. The van der Waals surface area contributed by atoms with Gasteiger partial charge in [0.15, 0.2) is 15.9 Å². The fraction of sp³-hybridized carbons (Fsp3) is 0.333. The van der Waals surface area contributed by atoms with Gasteiger partial charge in [-0.05, 0) is 29.8 Å². The smallest absolute Gasteiger partial charge is 0.359 e. The number of imidazole rings is 1. The first-order valence-electron chi connectivity index (χ1n) is 4.87. The van der Waals surface area contributed by atoms with Gasteiger partial charge in [-0.2, -0.15) is 9.61 Å². The molecule has 0 aliphatic rings. The second kappa shape index (κ2) is 4.28. The molecule has 0 saturated carbocycles. The van der Waals surface area contributed by atoms with E-state index >= 15 is 0 Å². The van der Waals surface area contributed by atoms with Gasteiger partial charge in [0.1, 0.15) is 5.82 Å². The average molecular weight is 301 g/mol. The maximum absolute atomic E-state index is 11.8. The highest BCUT2D eigenvalue weighted by Crippen LogP contribution is 2.14. The van der Waals surface area contributed by atoms with Crippen LogP contribution < -0.4 is 5.56 Å². The number of halogens is 1. The van der Waals surface area contributed by atoms with Crippen LogP contribution in [0.3, 0.4) is 0 Å². The standard InChI is InChI=1S/C9H9BrN4O3/c1-3-17-8(16)5-6-7(15)11-4(2)13-14(6)9(10)12-5/h3H2,1-2H3,(H,11,13,15). The van der Waals surface area contributed by atoms with E-state index in [1.54, 1.807) is 13.8 Å². The highest BCUT2D eigenvalue weighted by molar-refractivity contribution is 9.10. The number of ether oxygens (including phenoxy) is 1. The molecule has 0 radical (unpaired) electrons. The maximum Gasteiger partial charge on any atom is 0.359 e. The summed E-state index contributed by atoms with van der Waals surface area (Å²) < 4.78 is 6.36. The van der Waals surface area contributed by atoms with Gasteiger partial charge in [-0.25, -0.2) is 9.78 Å². The highest BCUT2D eigenvalue weighted by atomic mass is 79.9. The van der Waals surface area contributed by atoms with Gasteiger partial charge in [-0.3, -0.25) is 4.79 Å². The summed E-state index contributed by atoms with van der Waals surface area (Å²) in [7, 11) is 0. The van der Waals surface area contributed by atoms with Gasteiger partial charge >= 0.3 is 5.97 Å². The van der Waals surface area contributed by atoms with Crippen molar-refractivity contribution in [2.45, 2.75) is 13.8 Å². The van der Waals surface area contributed by atoms with Gasteiger partial charge in [-0.15, -0.1) is 0 Å². The maximum atomic E-state index is 11.8. The minimum absolute atomic E-state index is 0.0486. The lowest BCUT2D eigenvalue weighted by molar-refractivity contribution is 0.0522. The normalized spacial score (nSPS) is 10.8. The number of H-pyrrole nitrogens is 1. The second-order valence-electron chi connectivity index (χ2n) is 3.25. The first-order chi connectivity index (χ1) is 8.04. The van der Waals surface area contributed by atoms with Crippen LogP contribution in [0.1, 0.15) is 23.2 Å². The van der Waals surface area contributed by atoms with Gasteiger partial charge in [0.05, 0.1) is 6.61 Å². The van der Waals surface area contributed by atoms with Crippen molar-refractivity contribution in [2.75, 3.05) is 6.61 Å². The molecular formula is C9H9BrN4O3. The molecule has 0 fully saturated rings. The van der Waals surface area contributed by atoms with Crippen LogP contribution in [0.4, 0.5) is 0 Å². The van der Waals surface area contributed by atoms with E-state index < -0.39 is 11.5 Å². The Labute approximate surface area is 104 Å². The topological polar surface area (TPSA) is 89.3 Å². The molecular weight excluding hydrogens is 292 g/mol. The lowest BCUT2D eigenvalue weighted by Gasteiger charge is -1.98. The SMILES string of the molecule is CCOC(=O)c1nc(Br)n2nc(C)[nH]c(=O)c12. The van der Waals surface area contributed by atoms with Crippen molar-refractivity contribution in [3.05, 3.63) is 26.6 Å². The Hall–Kier alpha value is -1.70. The second-order valence-corrected chi connectivity index (χ2v) is 3.96. The molecule has 2 aromatic heterocycles. The third kappa shape index (κ3) is 1.95. The molecule has 17 heavy (non-hydrogen) atoms. The van der Waals surface area contributed by atoms with Crippen LogP contribution in [0.5, 0.6) is 0 Å². The third-order valence-electron chi connectivity index (χ3n) is 2.04. The van der Waals surface area contributed by atoms with E-state index in [2.05, 4.69) is 31.0 Å². The minimum Gasteiger partial charge on any atom is -0.461 e. The number of aromatic nitrogens is 4. The fourth-order valence-corrected chi connectivity index (χ4v) is 1.85. The number of nitrogens with zero attached hydrogens (tertiary/aromatic N) is 3. The number of carbonyl (C=O) groups excluding carboxylic acids is 1. The number of esters is 1. The van der Waals surface area contributed by atoms with Crippen LogP contribution in [0.25, 0.3) is 5.52 Å². The Bertz CT molecular complexity index is 645. The molecule has 8 heteroatoms. The number of nitrogens with one attached hydrogen (secondary N) is 1. The van der Waals surface area contributed by atoms with Crippen LogP contribution in [0.2, 0.25) is 0 Å². The predicted molar refractivity (Wildman–Crippen MR) is 62.0 cm³/mol. The van der Waals surface area contributed by atoms with E-state index in [-0.39, 0.29) is 22.6 Å². The molecule has 0 amide bonds. The number of carbonyl (C=O) groups is 1. The molecule has 0 spiro atoms. The molecule has 0 aliphatic carbocycles. The summed E-state index contributed by atoms with van der Waals surface area (Å²) in [6, 6.07) is 0. The number of hydrogen-bond donors (Lipinski definition) is 1. The summed E-state index contributed by atoms with van der Waals surface area (Å²) >= 11 is 3.13. The Morgan fingerprint density at radius 1 is 1.59 bits per heavy atom. The Balaban J connectivity index is 2.75. The van der Waals surface area contributed by atoms with E-state index in [9.17, 15) is 9.59 Å². The Morgan fingerprint density at radius 2 is 2.29 bits per heavy atom. The lowest BCUT2D eigenvalue weighted by atomic mass is 10.4. The Kier molecular flexibility index (Phi) is 2.97. The molecule has 0 unspecified atom stereocenters. The average Bonchev–Trinajstić information content (AvgIpc) is 2.57. The number of aromatic amines is 1. The lowest BCUT2D eigenvalue weighted by Crippen LogP contribution is -2.17. The molecule has 2 aromatic rings. The summed E-state index contributed by atoms with van der Waals surface area (Å²) in [5, 5.41) is 4.04. The van der Waals surface area contributed by atoms with Gasteiger partial charge in [0.2, 0.25) is 0 Å². The molecule has 90 valence electrons. The quantitative estimate of drug-likeness (QED) is 0.823.